The van der Waals surface area contributed by atoms with Crippen LogP contribution in [0.15, 0.2) is 46.9 Å². The van der Waals surface area contributed by atoms with E-state index in [1.165, 1.54) is 0 Å². The first-order chi connectivity index (χ1) is 15.5. The number of para-hydroxylation sites is 1. The number of amides is 1. The lowest BCUT2D eigenvalue weighted by atomic mass is 10.0. The maximum absolute atomic E-state index is 13.1. The molecule has 0 radical (unpaired) electrons. The second kappa shape index (κ2) is 8.80. The van der Waals surface area contributed by atoms with Gasteiger partial charge in [0.25, 0.3) is 5.91 Å². The number of benzene rings is 2. The van der Waals surface area contributed by atoms with E-state index >= 15 is 0 Å². The molecular weight excluding hydrogens is 422 g/mol. The molecule has 0 bridgehead atoms. The van der Waals surface area contributed by atoms with E-state index in [2.05, 4.69) is 16.3 Å². The molecule has 5 nitrogen and oxygen atoms in total. The van der Waals surface area contributed by atoms with Gasteiger partial charge >= 0.3 is 0 Å². The van der Waals surface area contributed by atoms with Crippen LogP contribution in [0.5, 0.6) is 0 Å². The second-order valence-corrected chi connectivity index (χ2v) is 9.69. The quantitative estimate of drug-likeness (QED) is 0.523. The van der Waals surface area contributed by atoms with Crippen molar-refractivity contribution < 1.29 is 9.21 Å². The van der Waals surface area contributed by atoms with Crippen LogP contribution in [0.1, 0.15) is 28.1 Å². The summed E-state index contributed by atoms with van der Waals surface area (Å²) in [5, 5.41) is 5.30. The van der Waals surface area contributed by atoms with Crippen LogP contribution in [0.3, 0.4) is 0 Å². The van der Waals surface area contributed by atoms with E-state index in [1.807, 2.05) is 55.1 Å². The zero-order chi connectivity index (χ0) is 22.2. The third-order valence-electron chi connectivity index (χ3n) is 7.04. The van der Waals surface area contributed by atoms with Gasteiger partial charge in [0, 0.05) is 54.4 Å². The highest BCUT2D eigenvalue weighted by atomic mass is 35.5. The number of carbonyl (C=O) groups is 1. The summed E-state index contributed by atoms with van der Waals surface area (Å²) >= 11 is 6.20. The summed E-state index contributed by atoms with van der Waals surface area (Å²) in [4.78, 5) is 17.7. The van der Waals surface area contributed by atoms with Crippen molar-refractivity contribution >= 4 is 34.2 Å². The number of nitrogens with one attached hydrogen (secondary N) is 1. The minimum atomic E-state index is 0.0422. The summed E-state index contributed by atoms with van der Waals surface area (Å²) in [6.45, 7) is 9.82. The minimum absolute atomic E-state index is 0.0422. The number of hydrogen-bond acceptors (Lipinski definition) is 4. The fraction of sp³-hybridized carbons (Fsp3) is 0.423. The average molecular weight is 452 g/mol. The van der Waals surface area contributed by atoms with Crippen LogP contribution in [0, 0.1) is 25.7 Å². The molecular formula is C26H30ClN3O2. The second-order valence-electron chi connectivity index (χ2n) is 9.29. The normalized spacial score (nSPS) is 20.8. The van der Waals surface area contributed by atoms with Gasteiger partial charge in [-0.3, -0.25) is 4.79 Å². The lowest BCUT2D eigenvalue weighted by molar-refractivity contribution is 0.0744. The van der Waals surface area contributed by atoms with Crippen molar-refractivity contribution in [2.24, 2.45) is 11.8 Å². The van der Waals surface area contributed by atoms with E-state index in [4.69, 9.17) is 16.0 Å². The lowest BCUT2D eigenvalue weighted by Crippen LogP contribution is -2.34. The average Bonchev–Trinajstić information content (AvgIpc) is 3.45. The Morgan fingerprint density at radius 2 is 1.84 bits per heavy atom. The van der Waals surface area contributed by atoms with Crippen molar-refractivity contribution in [3.8, 4) is 0 Å². The van der Waals surface area contributed by atoms with E-state index in [0.717, 1.165) is 78.5 Å². The molecule has 2 fully saturated rings. The highest BCUT2D eigenvalue weighted by Crippen LogP contribution is 2.33. The fourth-order valence-electron chi connectivity index (χ4n) is 5.20. The van der Waals surface area contributed by atoms with Gasteiger partial charge in [-0.1, -0.05) is 35.9 Å². The topological polar surface area (TPSA) is 48.7 Å². The minimum Gasteiger partial charge on any atom is -0.451 e. The molecule has 168 valence electrons. The van der Waals surface area contributed by atoms with Gasteiger partial charge < -0.3 is 19.5 Å². The van der Waals surface area contributed by atoms with Gasteiger partial charge in [-0.2, -0.15) is 0 Å². The zero-order valence-electron chi connectivity index (χ0n) is 18.7. The predicted octanol–water partition coefficient (Wildman–Crippen LogP) is 5.21. The van der Waals surface area contributed by atoms with E-state index < -0.39 is 0 Å². The van der Waals surface area contributed by atoms with Crippen LogP contribution in [0.2, 0.25) is 5.02 Å². The molecule has 1 aromatic heterocycles. The van der Waals surface area contributed by atoms with Crippen molar-refractivity contribution in [1.82, 2.24) is 9.80 Å². The van der Waals surface area contributed by atoms with Crippen molar-refractivity contribution in [2.45, 2.75) is 20.3 Å². The van der Waals surface area contributed by atoms with Gasteiger partial charge in [-0.25, -0.2) is 0 Å². The first kappa shape index (κ1) is 21.4. The molecule has 1 amide bonds. The Bertz CT molecular complexity index is 1130. The van der Waals surface area contributed by atoms with Crippen LogP contribution in [0.4, 0.5) is 5.69 Å². The van der Waals surface area contributed by atoms with Crippen molar-refractivity contribution in [3.63, 3.8) is 0 Å². The molecule has 2 atom stereocenters. The van der Waals surface area contributed by atoms with Gasteiger partial charge in [-0.05, 0) is 62.4 Å². The number of rotatable bonds is 6. The Morgan fingerprint density at radius 1 is 1.09 bits per heavy atom. The molecule has 2 unspecified atom stereocenters. The summed E-state index contributed by atoms with van der Waals surface area (Å²) < 4.78 is 5.92. The van der Waals surface area contributed by atoms with Crippen molar-refractivity contribution in [2.75, 3.05) is 44.6 Å². The third kappa shape index (κ3) is 4.12. The van der Waals surface area contributed by atoms with E-state index in [0.29, 0.717) is 17.6 Å². The zero-order valence-corrected chi connectivity index (χ0v) is 19.5. The number of carbonyl (C=O) groups excluding carboxylic acids is 1. The van der Waals surface area contributed by atoms with Gasteiger partial charge in [0.2, 0.25) is 0 Å². The van der Waals surface area contributed by atoms with E-state index in [9.17, 15) is 4.79 Å². The third-order valence-corrected chi connectivity index (χ3v) is 7.45. The number of anilines is 1. The lowest BCUT2D eigenvalue weighted by Gasteiger charge is -2.21. The summed E-state index contributed by atoms with van der Waals surface area (Å²) in [5.74, 6) is 1.67. The number of aryl methyl sites for hydroxylation is 2. The van der Waals surface area contributed by atoms with Crippen LogP contribution in [0.25, 0.3) is 11.0 Å². The molecule has 2 aliphatic rings. The van der Waals surface area contributed by atoms with Crippen molar-refractivity contribution in [1.29, 1.82) is 0 Å². The molecule has 1 N–H and O–H groups in total. The molecule has 32 heavy (non-hydrogen) atoms. The Morgan fingerprint density at radius 3 is 2.56 bits per heavy atom. The molecule has 2 aliphatic heterocycles. The Labute approximate surface area is 194 Å². The SMILES string of the molecule is Cc1ccc(NCCCN2CC3CN(C(=O)c4oc5ccccc5c4C)CC3C2)cc1Cl. The van der Waals surface area contributed by atoms with Crippen LogP contribution < -0.4 is 5.32 Å². The van der Waals surface area contributed by atoms with Gasteiger partial charge in [0.05, 0.1) is 0 Å². The van der Waals surface area contributed by atoms with Gasteiger partial charge in [0.15, 0.2) is 5.76 Å². The molecule has 2 aromatic carbocycles. The van der Waals surface area contributed by atoms with Crippen LogP contribution in [-0.2, 0) is 0 Å². The standard InChI is InChI=1S/C26H30ClN3O2/c1-17-8-9-21(12-23(17)27)28-10-5-11-29-13-19-15-30(16-20(19)14-29)26(31)25-18(2)22-6-3-4-7-24(22)32-25/h3-4,6-9,12,19-20,28H,5,10-11,13-16H2,1-2H3. The van der Waals surface area contributed by atoms with Crippen LogP contribution in [-0.4, -0.2) is 55.0 Å². The Hall–Kier alpha value is -2.50. The Kier molecular flexibility index (Phi) is 5.87. The molecule has 3 heterocycles. The summed E-state index contributed by atoms with van der Waals surface area (Å²) in [5.41, 5.74) is 3.92. The smallest absolute Gasteiger partial charge is 0.289 e. The highest BCUT2D eigenvalue weighted by molar-refractivity contribution is 6.31. The summed E-state index contributed by atoms with van der Waals surface area (Å²) in [7, 11) is 0. The number of halogens is 1. The van der Waals surface area contributed by atoms with Crippen molar-refractivity contribution in [3.05, 3.63) is 64.4 Å². The molecule has 0 saturated carbocycles. The molecule has 5 rings (SSSR count). The maximum atomic E-state index is 13.1. The Balaban J connectivity index is 1.10. The predicted molar refractivity (Wildman–Crippen MR) is 130 cm³/mol. The van der Waals surface area contributed by atoms with Crippen LogP contribution >= 0.6 is 11.6 Å². The van der Waals surface area contributed by atoms with E-state index in [-0.39, 0.29) is 5.91 Å². The monoisotopic (exact) mass is 451 g/mol. The molecule has 0 aliphatic carbocycles. The number of nitrogens with zero attached hydrogens (tertiary/aromatic N) is 2. The van der Waals surface area contributed by atoms with Gasteiger partial charge in [-0.15, -0.1) is 0 Å². The maximum Gasteiger partial charge on any atom is 0.289 e. The first-order valence-corrected chi connectivity index (χ1v) is 11.9. The molecule has 6 heteroatoms. The number of fused-ring (bicyclic) bond motifs is 2. The number of hydrogen-bond donors (Lipinski definition) is 1. The molecule has 2 saturated heterocycles. The summed E-state index contributed by atoms with van der Waals surface area (Å²) in [6.07, 6.45) is 1.09. The molecule has 0 spiro atoms. The highest BCUT2D eigenvalue weighted by Gasteiger charge is 2.42. The summed E-state index contributed by atoms with van der Waals surface area (Å²) in [6, 6.07) is 14.0. The number of furan rings is 1. The number of likely N-dealkylation sites (tertiary alicyclic amines) is 2. The van der Waals surface area contributed by atoms with E-state index in [1.54, 1.807) is 0 Å². The molecule has 3 aromatic rings. The fourth-order valence-corrected chi connectivity index (χ4v) is 5.38. The first-order valence-electron chi connectivity index (χ1n) is 11.5. The van der Waals surface area contributed by atoms with Gasteiger partial charge in [0.1, 0.15) is 5.58 Å². The largest absolute Gasteiger partial charge is 0.451 e.